The van der Waals surface area contributed by atoms with Crippen molar-refractivity contribution in [2.24, 2.45) is 7.05 Å². The number of ether oxygens (including phenoxy) is 1. The molecule has 0 aliphatic carbocycles. The highest BCUT2D eigenvalue weighted by Crippen LogP contribution is 2.33. The normalized spacial score (nSPS) is 18.8. The largest absolute Gasteiger partial charge is 0.496 e. The molecule has 3 fully saturated rings. The first-order valence-corrected chi connectivity index (χ1v) is 17.0. The molecule has 15 nitrogen and oxygen atoms in total. The van der Waals surface area contributed by atoms with Gasteiger partial charge in [0.25, 0.3) is 11.5 Å². The maximum absolute atomic E-state index is 15.7. The van der Waals surface area contributed by atoms with Crippen LogP contribution in [0.5, 0.6) is 5.75 Å². The number of nitrogens with one attached hydrogen (secondary N) is 5. The zero-order valence-electron chi connectivity index (χ0n) is 28.5. The number of hydrogen-bond donors (Lipinski definition) is 5. The summed E-state index contributed by atoms with van der Waals surface area (Å²) in [5.74, 6) is -0.345. The summed E-state index contributed by atoms with van der Waals surface area (Å²) < 4.78 is 22.7. The summed E-state index contributed by atoms with van der Waals surface area (Å²) in [5.41, 5.74) is 3.68. The Kier molecular flexibility index (Phi) is 9.49. The van der Waals surface area contributed by atoms with Crippen LogP contribution in [-0.2, 0) is 18.4 Å². The van der Waals surface area contributed by atoms with E-state index >= 15 is 4.39 Å². The number of imide groups is 1. The van der Waals surface area contributed by atoms with Crippen molar-refractivity contribution >= 4 is 40.2 Å². The zero-order chi connectivity index (χ0) is 35.6. The Labute approximate surface area is 293 Å². The maximum Gasteiger partial charge on any atom is 0.321 e. The molecule has 0 spiro atoms. The SMILES string of the molecule is COc1cc(-c2cn(C)c(=O)c3[nH]ncc23)cc(F)c1CN1CCN(C(=O)NC2CCN(c3ccc(NC4CNC(=O)NC4=O)cc3)CC2)CC1. The lowest BCUT2D eigenvalue weighted by Crippen LogP contribution is -2.57. The quantitative estimate of drug-likeness (QED) is 0.185. The van der Waals surface area contributed by atoms with E-state index in [0.29, 0.717) is 66.1 Å². The number of carbonyl (C=O) groups is 3. The molecule has 2 aromatic carbocycles. The number of methoxy groups -OCH3 is 1. The highest BCUT2D eigenvalue weighted by Gasteiger charge is 2.28. The fourth-order valence-electron chi connectivity index (χ4n) is 6.98. The minimum Gasteiger partial charge on any atom is -0.496 e. The number of urea groups is 2. The molecule has 3 aliphatic rings. The number of aromatic nitrogens is 3. The molecule has 0 bridgehead atoms. The second-order valence-electron chi connectivity index (χ2n) is 13.2. The van der Waals surface area contributed by atoms with Crippen molar-refractivity contribution in [3.8, 4) is 16.9 Å². The van der Waals surface area contributed by atoms with Crippen LogP contribution in [0.2, 0.25) is 0 Å². The standard InChI is InChI=1S/C35H41FN10O5/c1-43-19-26(25-17-38-42-31(25)33(43)48)21-15-28(36)27(30(16-21)51-2)20-44-11-13-46(14-12-44)35(50)40-23-7-9-45(10-8-23)24-5-3-22(4-6-24)39-29-18-37-34(49)41-32(29)47/h3-6,15-17,19,23,29,39H,7-14,18,20H2,1-2H3,(H,38,42)(H,40,50)(H2,37,41,47,49). The van der Waals surface area contributed by atoms with Crippen LogP contribution in [0.1, 0.15) is 18.4 Å². The van der Waals surface area contributed by atoms with E-state index in [0.717, 1.165) is 37.3 Å². The van der Waals surface area contributed by atoms with Crippen LogP contribution in [0.3, 0.4) is 0 Å². The summed E-state index contributed by atoms with van der Waals surface area (Å²) >= 11 is 0. The molecule has 4 aromatic rings. The molecule has 5 heterocycles. The van der Waals surface area contributed by atoms with E-state index in [-0.39, 0.29) is 30.1 Å². The number of aromatic amines is 1. The molecule has 2 aromatic heterocycles. The maximum atomic E-state index is 15.7. The second kappa shape index (κ2) is 14.3. The van der Waals surface area contributed by atoms with Crippen LogP contribution in [0.4, 0.5) is 25.4 Å². The first-order valence-electron chi connectivity index (χ1n) is 17.0. The fourth-order valence-corrected chi connectivity index (χ4v) is 6.98. The molecular weight excluding hydrogens is 659 g/mol. The number of fused-ring (bicyclic) bond motifs is 1. The van der Waals surface area contributed by atoms with Crippen LogP contribution in [0.15, 0.2) is 53.6 Å². The van der Waals surface area contributed by atoms with Crippen molar-refractivity contribution in [1.82, 2.24) is 40.5 Å². The van der Waals surface area contributed by atoms with E-state index in [9.17, 15) is 19.2 Å². The average molecular weight is 701 g/mol. The van der Waals surface area contributed by atoms with Gasteiger partial charge in [-0.2, -0.15) is 5.10 Å². The van der Waals surface area contributed by atoms with Crippen molar-refractivity contribution in [3.05, 3.63) is 70.5 Å². The van der Waals surface area contributed by atoms with Gasteiger partial charge in [-0.05, 0) is 54.8 Å². The van der Waals surface area contributed by atoms with Gasteiger partial charge in [-0.3, -0.25) is 24.9 Å². The van der Waals surface area contributed by atoms with Crippen molar-refractivity contribution in [3.63, 3.8) is 0 Å². The summed E-state index contributed by atoms with van der Waals surface area (Å²) in [4.78, 5) is 55.2. The van der Waals surface area contributed by atoms with Crippen molar-refractivity contribution in [2.45, 2.75) is 31.5 Å². The lowest BCUT2D eigenvalue weighted by atomic mass is 10.0. The molecule has 268 valence electrons. The molecule has 1 unspecified atom stereocenters. The summed E-state index contributed by atoms with van der Waals surface area (Å²) in [5, 5.41) is 18.6. The third-order valence-electron chi connectivity index (χ3n) is 9.93. The van der Waals surface area contributed by atoms with Gasteiger partial charge in [0.15, 0.2) is 0 Å². The Morgan fingerprint density at radius 2 is 1.78 bits per heavy atom. The summed E-state index contributed by atoms with van der Waals surface area (Å²) in [6, 6.07) is 10.1. The molecule has 3 saturated heterocycles. The molecule has 1 atom stereocenters. The van der Waals surface area contributed by atoms with Gasteiger partial charge >= 0.3 is 12.1 Å². The molecule has 3 aliphatic heterocycles. The van der Waals surface area contributed by atoms with Crippen LogP contribution < -0.4 is 36.5 Å². The number of aryl methyl sites for hydroxylation is 1. The number of piperazine rings is 1. The highest BCUT2D eigenvalue weighted by atomic mass is 19.1. The number of hydrogen-bond acceptors (Lipinski definition) is 9. The number of nitrogens with zero attached hydrogens (tertiary/aromatic N) is 5. The Morgan fingerprint density at radius 1 is 1.04 bits per heavy atom. The fraction of sp³-hybridized carbons (Fsp3) is 0.400. The Balaban J connectivity index is 0.886. The number of halogens is 1. The van der Waals surface area contributed by atoms with E-state index in [4.69, 9.17) is 4.74 Å². The van der Waals surface area contributed by atoms with Gasteiger partial charge in [0.2, 0.25) is 0 Å². The second-order valence-corrected chi connectivity index (χ2v) is 13.2. The van der Waals surface area contributed by atoms with E-state index < -0.39 is 17.9 Å². The Bertz CT molecular complexity index is 2000. The number of pyridine rings is 1. The van der Waals surface area contributed by atoms with Gasteiger partial charge in [-0.1, -0.05) is 0 Å². The predicted octanol–water partition coefficient (Wildman–Crippen LogP) is 2.19. The van der Waals surface area contributed by atoms with E-state index in [1.54, 1.807) is 25.5 Å². The number of anilines is 2. The minimum atomic E-state index is -0.532. The number of carbonyl (C=O) groups excluding carboxylic acids is 3. The molecule has 5 N–H and O–H groups in total. The third-order valence-corrected chi connectivity index (χ3v) is 9.93. The van der Waals surface area contributed by atoms with Crippen molar-refractivity contribution < 1.29 is 23.5 Å². The van der Waals surface area contributed by atoms with Crippen LogP contribution in [0, 0.1) is 5.82 Å². The average Bonchev–Trinajstić information content (AvgIpc) is 3.63. The first kappa shape index (κ1) is 33.8. The number of amides is 5. The molecular formula is C35H41FN10O5. The summed E-state index contributed by atoms with van der Waals surface area (Å²) in [6.45, 7) is 4.40. The lowest BCUT2D eigenvalue weighted by molar-refractivity contribution is -0.121. The Hall–Kier alpha value is -5.64. The van der Waals surface area contributed by atoms with Gasteiger partial charge in [0, 0.05) is 99.5 Å². The molecule has 0 saturated carbocycles. The number of rotatable bonds is 8. The highest BCUT2D eigenvalue weighted by molar-refractivity contribution is 6.01. The van der Waals surface area contributed by atoms with Crippen LogP contribution in [-0.4, -0.2) is 108 Å². The monoisotopic (exact) mass is 700 g/mol. The van der Waals surface area contributed by atoms with Gasteiger partial charge in [-0.25, -0.2) is 14.0 Å². The van der Waals surface area contributed by atoms with Crippen LogP contribution >= 0.6 is 0 Å². The van der Waals surface area contributed by atoms with Gasteiger partial charge < -0.3 is 35.1 Å². The third kappa shape index (κ3) is 7.17. The van der Waals surface area contributed by atoms with Crippen molar-refractivity contribution in [2.75, 3.05) is 63.1 Å². The number of benzene rings is 2. The molecule has 16 heteroatoms. The van der Waals surface area contributed by atoms with Gasteiger partial charge in [0.1, 0.15) is 23.1 Å². The topological polar surface area (TPSA) is 169 Å². The van der Waals surface area contributed by atoms with Crippen molar-refractivity contribution in [1.29, 1.82) is 0 Å². The molecule has 7 rings (SSSR count). The Morgan fingerprint density at radius 3 is 2.49 bits per heavy atom. The molecule has 0 radical (unpaired) electrons. The molecule has 51 heavy (non-hydrogen) atoms. The molecule has 5 amide bonds. The smallest absolute Gasteiger partial charge is 0.321 e. The summed E-state index contributed by atoms with van der Waals surface area (Å²) in [7, 11) is 3.16. The van der Waals surface area contributed by atoms with Crippen LogP contribution in [0.25, 0.3) is 22.0 Å². The van der Waals surface area contributed by atoms with Gasteiger partial charge in [0.05, 0.1) is 13.3 Å². The first-order chi connectivity index (χ1) is 24.7. The van der Waals surface area contributed by atoms with E-state index in [1.165, 1.54) is 17.7 Å². The lowest BCUT2D eigenvalue weighted by Gasteiger charge is -2.38. The van der Waals surface area contributed by atoms with E-state index in [2.05, 4.69) is 41.3 Å². The van der Waals surface area contributed by atoms with E-state index in [1.807, 2.05) is 29.2 Å². The van der Waals surface area contributed by atoms with Gasteiger partial charge in [-0.15, -0.1) is 0 Å². The summed E-state index contributed by atoms with van der Waals surface area (Å²) in [6.07, 6.45) is 4.86. The minimum absolute atomic E-state index is 0.0694. The predicted molar refractivity (Wildman–Crippen MR) is 189 cm³/mol. The number of piperidine rings is 1. The zero-order valence-corrected chi connectivity index (χ0v) is 28.5. The number of H-pyrrole nitrogens is 1.